The van der Waals surface area contributed by atoms with Gasteiger partial charge in [-0.25, -0.2) is 4.79 Å². The van der Waals surface area contributed by atoms with Crippen LogP contribution in [0.3, 0.4) is 0 Å². The van der Waals surface area contributed by atoms with Crippen molar-refractivity contribution in [2.75, 3.05) is 34.9 Å². The molecule has 0 fully saturated rings. The van der Waals surface area contributed by atoms with Crippen molar-refractivity contribution in [3.05, 3.63) is 0 Å². The average Bonchev–Trinajstić information content (AvgIpc) is 2.57. The Morgan fingerprint density at radius 3 is 1.73 bits per heavy atom. The molecular weight excluding hydrogens is 396 g/mol. The number of amides is 1. The second-order valence-electron chi connectivity index (χ2n) is 5.15. The molecule has 0 bridgehead atoms. The van der Waals surface area contributed by atoms with E-state index in [1.165, 1.54) is 21.3 Å². The maximum atomic E-state index is 13.6. The van der Waals surface area contributed by atoms with E-state index >= 15 is 0 Å². The number of carboxylic acid groups (broad SMARTS) is 1. The second-order valence-corrected chi connectivity index (χ2v) is 8.24. The van der Waals surface area contributed by atoms with Crippen LogP contribution in [0.5, 0.6) is 0 Å². The Labute approximate surface area is 146 Å². The normalized spacial score (nSPS) is 13.6. The summed E-state index contributed by atoms with van der Waals surface area (Å²) in [5.41, 5.74) is 0. The lowest BCUT2D eigenvalue weighted by atomic mass is 10.0. The van der Waals surface area contributed by atoms with Crippen LogP contribution in [-0.4, -0.2) is 83.4 Å². The summed E-state index contributed by atoms with van der Waals surface area (Å²) in [6.45, 7) is -0.548. The minimum absolute atomic E-state index is 0.0152. The number of nitrogens with zero attached hydrogens (tertiary/aromatic N) is 1. The quantitative estimate of drug-likeness (QED) is 0.409. The van der Waals surface area contributed by atoms with Gasteiger partial charge in [0.2, 0.25) is 0 Å². The van der Waals surface area contributed by atoms with E-state index in [4.69, 9.17) is 18.4 Å². The summed E-state index contributed by atoms with van der Waals surface area (Å²) < 4.78 is 94.9. The van der Waals surface area contributed by atoms with Crippen LogP contribution in [-0.2, 0) is 22.9 Å². The molecule has 0 aliphatic heterocycles. The van der Waals surface area contributed by atoms with Gasteiger partial charge in [0.05, 0.1) is 0 Å². The first kappa shape index (κ1) is 24.6. The van der Waals surface area contributed by atoms with E-state index in [9.17, 15) is 35.9 Å². The van der Waals surface area contributed by atoms with Crippen LogP contribution in [0.4, 0.5) is 26.3 Å². The number of halogens is 6. The molecule has 0 atom stereocenters. The highest BCUT2D eigenvalue weighted by molar-refractivity contribution is 6.60. The third-order valence-electron chi connectivity index (χ3n) is 3.58. The molecule has 7 nitrogen and oxygen atoms in total. The summed E-state index contributed by atoms with van der Waals surface area (Å²) in [4.78, 5) is 21.8. The summed E-state index contributed by atoms with van der Waals surface area (Å²) in [6, 6.07) is 0.0152. The topological polar surface area (TPSA) is 85.3 Å². The number of carboxylic acids is 1. The smallest absolute Gasteiger partial charge is 0.477 e. The Morgan fingerprint density at radius 2 is 1.38 bits per heavy atom. The number of carbonyl (C=O) groups is 2. The number of carbonyl (C=O) groups excluding carboxylic acids is 1. The fourth-order valence-corrected chi connectivity index (χ4v) is 3.60. The number of alkyl halides is 6. The van der Waals surface area contributed by atoms with Gasteiger partial charge in [0.15, 0.2) is 0 Å². The average molecular weight is 415 g/mol. The molecular formula is C12H19F6NO6Si. The van der Waals surface area contributed by atoms with E-state index < -0.39 is 45.0 Å². The van der Waals surface area contributed by atoms with Crippen molar-refractivity contribution in [3.8, 4) is 0 Å². The predicted molar refractivity (Wildman–Crippen MR) is 76.3 cm³/mol. The van der Waals surface area contributed by atoms with Crippen molar-refractivity contribution in [3.63, 3.8) is 0 Å². The summed E-state index contributed by atoms with van der Waals surface area (Å²) in [5, 5.41) is 8.05. The number of aliphatic carboxylic acids is 1. The van der Waals surface area contributed by atoms with Crippen molar-refractivity contribution in [2.45, 2.75) is 30.2 Å². The molecule has 0 saturated carbocycles. The SMILES string of the molecule is CO[Si](CCCN(C)C(=O)C(F)(F)C(F)(F)C(F)(F)C(=O)O)(OC)OC. The zero-order valence-electron chi connectivity index (χ0n) is 14.3. The van der Waals surface area contributed by atoms with Crippen molar-refractivity contribution < 1.29 is 54.3 Å². The van der Waals surface area contributed by atoms with Crippen molar-refractivity contribution in [1.82, 2.24) is 4.90 Å². The summed E-state index contributed by atoms with van der Waals surface area (Å²) in [6.07, 6.45) is -0.0963. The molecule has 1 amide bonds. The molecule has 0 aromatic heterocycles. The Bertz CT molecular complexity index is 508. The lowest BCUT2D eigenvalue weighted by Crippen LogP contribution is -2.63. The van der Waals surface area contributed by atoms with Gasteiger partial charge in [0.1, 0.15) is 0 Å². The minimum atomic E-state index is -6.43. The first-order valence-electron chi connectivity index (χ1n) is 6.94. The Morgan fingerprint density at radius 1 is 0.962 bits per heavy atom. The first-order valence-corrected chi connectivity index (χ1v) is 8.88. The van der Waals surface area contributed by atoms with Crippen LogP contribution < -0.4 is 0 Å². The van der Waals surface area contributed by atoms with Crippen LogP contribution in [0.2, 0.25) is 6.04 Å². The standard InChI is InChI=1S/C12H19F6NO6Si/c1-19(6-5-7-26(23-2,24-3)25-4)8(20)10(13,14)12(17,18)11(15,16)9(21)22/h5-7H2,1-4H3,(H,21,22). The van der Waals surface area contributed by atoms with Crippen LogP contribution in [0.15, 0.2) is 0 Å². The van der Waals surface area contributed by atoms with Gasteiger partial charge in [-0.3, -0.25) is 4.79 Å². The molecule has 0 aromatic rings. The van der Waals surface area contributed by atoms with Gasteiger partial charge in [-0.1, -0.05) is 0 Å². The van der Waals surface area contributed by atoms with E-state index in [1.807, 2.05) is 0 Å². The van der Waals surface area contributed by atoms with Crippen LogP contribution in [0.25, 0.3) is 0 Å². The van der Waals surface area contributed by atoms with Gasteiger partial charge in [0.25, 0.3) is 5.91 Å². The predicted octanol–water partition coefficient (Wildman–Crippen LogP) is 1.70. The van der Waals surface area contributed by atoms with Gasteiger partial charge >= 0.3 is 32.5 Å². The fourth-order valence-electron chi connectivity index (χ4n) is 1.90. The van der Waals surface area contributed by atoms with Crippen molar-refractivity contribution >= 4 is 20.7 Å². The monoisotopic (exact) mass is 415 g/mol. The summed E-state index contributed by atoms with van der Waals surface area (Å²) in [7, 11) is 1.35. The summed E-state index contributed by atoms with van der Waals surface area (Å²) >= 11 is 0. The van der Waals surface area contributed by atoms with Crippen LogP contribution in [0, 0.1) is 0 Å². The van der Waals surface area contributed by atoms with E-state index in [0.717, 1.165) is 0 Å². The van der Waals surface area contributed by atoms with Crippen molar-refractivity contribution in [2.24, 2.45) is 0 Å². The zero-order chi connectivity index (χ0) is 21.0. The van der Waals surface area contributed by atoms with Gasteiger partial charge in [-0.2, -0.15) is 26.3 Å². The molecule has 0 saturated heterocycles. The van der Waals surface area contributed by atoms with E-state index in [2.05, 4.69) is 0 Å². The number of rotatable bonds is 11. The Kier molecular flexibility index (Phi) is 8.08. The molecule has 26 heavy (non-hydrogen) atoms. The molecule has 0 unspecified atom stereocenters. The third-order valence-corrected chi connectivity index (χ3v) is 6.41. The highest BCUT2D eigenvalue weighted by Crippen LogP contribution is 2.46. The Balaban J connectivity index is 5.19. The van der Waals surface area contributed by atoms with Crippen LogP contribution in [0.1, 0.15) is 6.42 Å². The van der Waals surface area contributed by atoms with Gasteiger partial charge in [0, 0.05) is 41.0 Å². The molecule has 0 aliphatic rings. The largest absolute Gasteiger partial charge is 0.500 e. The summed E-state index contributed by atoms with van der Waals surface area (Å²) in [5.74, 6) is -24.6. The molecule has 0 radical (unpaired) electrons. The van der Waals surface area contributed by atoms with Gasteiger partial charge < -0.3 is 23.3 Å². The van der Waals surface area contributed by atoms with E-state index in [1.54, 1.807) is 0 Å². The maximum Gasteiger partial charge on any atom is 0.500 e. The third kappa shape index (κ3) is 4.47. The number of hydrogen-bond acceptors (Lipinski definition) is 5. The zero-order valence-corrected chi connectivity index (χ0v) is 15.3. The van der Waals surface area contributed by atoms with Crippen LogP contribution >= 0.6 is 0 Å². The molecule has 0 spiro atoms. The molecule has 154 valence electrons. The van der Waals surface area contributed by atoms with E-state index in [0.29, 0.717) is 7.05 Å². The van der Waals surface area contributed by atoms with E-state index in [-0.39, 0.29) is 17.4 Å². The lowest BCUT2D eigenvalue weighted by molar-refractivity contribution is -0.295. The fraction of sp³-hybridized carbons (Fsp3) is 0.833. The van der Waals surface area contributed by atoms with Gasteiger partial charge in [-0.15, -0.1) is 0 Å². The highest BCUT2D eigenvalue weighted by atomic mass is 28.4. The molecule has 0 rings (SSSR count). The highest BCUT2D eigenvalue weighted by Gasteiger charge is 2.78. The van der Waals surface area contributed by atoms with Crippen molar-refractivity contribution in [1.29, 1.82) is 0 Å². The molecule has 0 aliphatic carbocycles. The first-order chi connectivity index (χ1) is 11.7. The number of hydrogen-bond donors (Lipinski definition) is 1. The second kappa shape index (κ2) is 8.54. The molecule has 0 aromatic carbocycles. The maximum absolute atomic E-state index is 13.6. The molecule has 0 heterocycles. The molecule has 1 N–H and O–H groups in total. The van der Waals surface area contributed by atoms with Gasteiger partial charge in [-0.05, 0) is 6.42 Å². The lowest BCUT2D eigenvalue weighted by Gasteiger charge is -2.32. The Hall–Kier alpha value is -1.38. The molecule has 14 heteroatoms. The minimum Gasteiger partial charge on any atom is -0.477 e.